The fourth-order valence-electron chi connectivity index (χ4n) is 3.58. The van der Waals surface area contributed by atoms with E-state index in [1.54, 1.807) is 0 Å². The first-order valence-corrected chi connectivity index (χ1v) is 9.03. The third-order valence-electron chi connectivity index (χ3n) is 5.37. The molecule has 0 amide bonds. The number of halogens is 2. The third-order valence-corrected chi connectivity index (χ3v) is 5.50. The Morgan fingerprint density at radius 2 is 1.88 bits per heavy atom. The average Bonchev–Trinajstić information content (AvgIpc) is 3.14. The fourth-order valence-corrected chi connectivity index (χ4v) is 3.72. The Labute approximate surface area is 158 Å². The van der Waals surface area contributed by atoms with Crippen molar-refractivity contribution < 1.29 is 13.9 Å². The molecule has 0 aromatic heterocycles. The Balaban J connectivity index is 1.71. The normalized spacial score (nSPS) is 21.3. The van der Waals surface area contributed by atoms with Crippen molar-refractivity contribution in [3.05, 3.63) is 71.0 Å². The number of hydrogen-bond acceptors (Lipinski definition) is 2. The molecule has 26 heavy (non-hydrogen) atoms. The lowest BCUT2D eigenvalue weighted by molar-refractivity contribution is -0.147. The smallest absolute Gasteiger partial charge is 0.310 e. The van der Waals surface area contributed by atoms with Gasteiger partial charge in [0.1, 0.15) is 6.61 Å². The van der Waals surface area contributed by atoms with Crippen molar-refractivity contribution in [2.45, 2.75) is 27.4 Å². The number of esters is 1. The molecule has 136 valence electrons. The van der Waals surface area contributed by atoms with Crippen LogP contribution in [0.1, 0.15) is 25.0 Å². The topological polar surface area (TPSA) is 26.3 Å². The summed E-state index contributed by atoms with van der Waals surface area (Å²) in [5.74, 6) is -0.882. The van der Waals surface area contributed by atoms with Gasteiger partial charge in [-0.1, -0.05) is 74.0 Å². The number of rotatable bonds is 5. The van der Waals surface area contributed by atoms with Crippen LogP contribution in [0.2, 0.25) is 0 Å². The van der Waals surface area contributed by atoms with Gasteiger partial charge in [0.05, 0.1) is 5.92 Å². The van der Waals surface area contributed by atoms with Gasteiger partial charge in [0.25, 0.3) is 0 Å². The first-order chi connectivity index (χ1) is 12.3. The Kier molecular flexibility index (Phi) is 5.19. The summed E-state index contributed by atoms with van der Waals surface area (Å²) >= 11 is 5.32. The molecular formula is C22H22ClFO2. The molecule has 0 aliphatic heterocycles. The molecule has 0 radical (unpaired) electrons. The molecule has 2 nitrogen and oxygen atoms in total. The van der Waals surface area contributed by atoms with Crippen LogP contribution in [0.4, 0.5) is 4.39 Å². The van der Waals surface area contributed by atoms with Crippen molar-refractivity contribution in [3.8, 4) is 11.1 Å². The molecule has 2 aromatic rings. The van der Waals surface area contributed by atoms with Crippen LogP contribution in [-0.2, 0) is 16.1 Å². The average molecular weight is 373 g/mol. The minimum atomic E-state index is -0.773. The van der Waals surface area contributed by atoms with Crippen LogP contribution in [-0.4, -0.2) is 5.97 Å². The van der Waals surface area contributed by atoms with E-state index in [-0.39, 0.29) is 29.8 Å². The Hall–Kier alpha value is -2.13. The summed E-state index contributed by atoms with van der Waals surface area (Å²) in [6.07, 6.45) is 1.30. The molecule has 1 fully saturated rings. The van der Waals surface area contributed by atoms with Crippen LogP contribution in [0.25, 0.3) is 11.1 Å². The third kappa shape index (κ3) is 3.68. The molecule has 1 aliphatic carbocycles. The SMILES string of the molecule is Cc1c(COC(=O)[C@H]2[C@@H](C=C(F)Cl)C2(C)C)cccc1-c1ccccc1. The maximum Gasteiger partial charge on any atom is 0.310 e. The van der Waals surface area contributed by atoms with E-state index in [4.69, 9.17) is 16.3 Å². The van der Waals surface area contributed by atoms with Crippen LogP contribution in [0, 0.1) is 24.2 Å². The zero-order valence-electron chi connectivity index (χ0n) is 15.1. The van der Waals surface area contributed by atoms with Gasteiger partial charge in [0.15, 0.2) is 5.29 Å². The predicted octanol–water partition coefficient (Wildman–Crippen LogP) is 6.03. The quantitative estimate of drug-likeness (QED) is 0.599. The summed E-state index contributed by atoms with van der Waals surface area (Å²) in [6.45, 7) is 6.07. The molecule has 3 rings (SSSR count). The van der Waals surface area contributed by atoms with E-state index in [9.17, 15) is 9.18 Å². The van der Waals surface area contributed by atoms with Gasteiger partial charge in [-0.2, -0.15) is 4.39 Å². The molecule has 0 heterocycles. The maximum atomic E-state index is 13.0. The molecule has 2 aromatic carbocycles. The molecule has 4 heteroatoms. The summed E-state index contributed by atoms with van der Waals surface area (Å²) in [5.41, 5.74) is 3.98. The molecule has 0 unspecified atom stereocenters. The minimum Gasteiger partial charge on any atom is -0.461 e. The van der Waals surface area contributed by atoms with E-state index < -0.39 is 5.29 Å². The maximum absolute atomic E-state index is 13.0. The van der Waals surface area contributed by atoms with Crippen molar-refractivity contribution in [3.63, 3.8) is 0 Å². The van der Waals surface area contributed by atoms with E-state index in [2.05, 4.69) is 18.2 Å². The van der Waals surface area contributed by atoms with Crippen molar-refractivity contribution in [2.24, 2.45) is 17.3 Å². The second-order valence-electron chi connectivity index (χ2n) is 7.34. The molecule has 0 saturated heterocycles. The molecular weight excluding hydrogens is 351 g/mol. The number of carbonyl (C=O) groups is 1. The largest absolute Gasteiger partial charge is 0.461 e. The molecule has 0 bridgehead atoms. The number of benzene rings is 2. The highest BCUT2D eigenvalue weighted by atomic mass is 35.5. The summed E-state index contributed by atoms with van der Waals surface area (Å²) in [5, 5.41) is -0.773. The Morgan fingerprint density at radius 3 is 2.54 bits per heavy atom. The predicted molar refractivity (Wildman–Crippen MR) is 102 cm³/mol. The highest BCUT2D eigenvalue weighted by Gasteiger charge is 2.61. The summed E-state index contributed by atoms with van der Waals surface area (Å²) in [7, 11) is 0. The molecule has 0 spiro atoms. The van der Waals surface area contributed by atoms with E-state index in [0.29, 0.717) is 0 Å². The first-order valence-electron chi connectivity index (χ1n) is 8.65. The second kappa shape index (κ2) is 7.24. The highest BCUT2D eigenvalue weighted by molar-refractivity contribution is 6.28. The number of hydrogen-bond donors (Lipinski definition) is 0. The van der Waals surface area contributed by atoms with Crippen molar-refractivity contribution in [2.75, 3.05) is 0 Å². The summed E-state index contributed by atoms with van der Waals surface area (Å²) < 4.78 is 18.5. The number of allylic oxidation sites excluding steroid dienone is 1. The standard InChI is InChI=1S/C22H22ClFO2/c1-14-16(10-7-11-17(14)15-8-5-4-6-9-15)13-26-21(25)20-18(12-19(23)24)22(20,2)3/h4-12,18,20H,13H2,1-3H3/t18-,20-/m1/s1. The van der Waals surface area contributed by atoms with Crippen LogP contribution in [0.5, 0.6) is 0 Å². The summed E-state index contributed by atoms with van der Waals surface area (Å²) in [4.78, 5) is 12.4. The van der Waals surface area contributed by atoms with Crippen LogP contribution in [0.3, 0.4) is 0 Å². The minimum absolute atomic E-state index is 0.206. The molecule has 1 aliphatic rings. The number of carbonyl (C=O) groups excluding carboxylic acids is 1. The van der Waals surface area contributed by atoms with Crippen LogP contribution in [0.15, 0.2) is 59.9 Å². The van der Waals surface area contributed by atoms with E-state index in [1.807, 2.05) is 51.1 Å². The first kappa shape index (κ1) is 18.7. The van der Waals surface area contributed by atoms with Gasteiger partial charge in [-0.25, -0.2) is 0 Å². The Morgan fingerprint density at radius 1 is 1.19 bits per heavy atom. The monoisotopic (exact) mass is 372 g/mol. The Bertz CT molecular complexity index is 838. The molecule has 2 atom stereocenters. The zero-order valence-corrected chi connectivity index (χ0v) is 15.9. The van der Waals surface area contributed by atoms with Gasteiger partial charge in [-0.15, -0.1) is 0 Å². The lowest BCUT2D eigenvalue weighted by Gasteiger charge is -2.12. The van der Waals surface area contributed by atoms with Gasteiger partial charge >= 0.3 is 5.97 Å². The van der Waals surface area contributed by atoms with Gasteiger partial charge in [-0.3, -0.25) is 4.79 Å². The van der Waals surface area contributed by atoms with Gasteiger partial charge < -0.3 is 4.74 Å². The highest BCUT2D eigenvalue weighted by Crippen LogP contribution is 2.60. The van der Waals surface area contributed by atoms with Crippen molar-refractivity contribution >= 4 is 17.6 Å². The fraction of sp³-hybridized carbons (Fsp3) is 0.318. The van der Waals surface area contributed by atoms with Crippen LogP contribution >= 0.6 is 11.6 Å². The number of ether oxygens (including phenoxy) is 1. The van der Waals surface area contributed by atoms with Crippen molar-refractivity contribution in [1.82, 2.24) is 0 Å². The van der Waals surface area contributed by atoms with Gasteiger partial charge in [0.2, 0.25) is 0 Å². The van der Waals surface area contributed by atoms with Gasteiger partial charge in [-0.05, 0) is 40.7 Å². The van der Waals surface area contributed by atoms with E-state index in [1.165, 1.54) is 6.08 Å². The zero-order chi connectivity index (χ0) is 18.9. The van der Waals surface area contributed by atoms with E-state index in [0.717, 1.165) is 22.3 Å². The lowest BCUT2D eigenvalue weighted by atomic mass is 9.97. The van der Waals surface area contributed by atoms with Crippen LogP contribution < -0.4 is 0 Å². The van der Waals surface area contributed by atoms with Gasteiger partial charge in [0, 0.05) is 5.92 Å². The summed E-state index contributed by atoms with van der Waals surface area (Å²) in [6, 6.07) is 16.1. The molecule has 0 N–H and O–H groups in total. The molecule has 1 saturated carbocycles. The lowest BCUT2D eigenvalue weighted by Crippen LogP contribution is -2.11. The van der Waals surface area contributed by atoms with Crippen molar-refractivity contribution in [1.29, 1.82) is 0 Å². The van der Waals surface area contributed by atoms with E-state index >= 15 is 0 Å². The second-order valence-corrected chi connectivity index (χ2v) is 7.71.